The minimum atomic E-state index is -0.362. The number of nitrogens with zero attached hydrogens (tertiary/aromatic N) is 3. The molecule has 0 spiro atoms. The van der Waals surface area contributed by atoms with Crippen LogP contribution in [-0.4, -0.2) is 76.6 Å². The highest BCUT2D eigenvalue weighted by Crippen LogP contribution is 2.39. The van der Waals surface area contributed by atoms with Crippen LogP contribution in [0.2, 0.25) is 0 Å². The largest absolute Gasteiger partial charge is 0.497 e. The first-order valence-electron chi connectivity index (χ1n) is 10.9. The van der Waals surface area contributed by atoms with Gasteiger partial charge < -0.3 is 25.2 Å². The highest BCUT2D eigenvalue weighted by molar-refractivity contribution is 14.0. The van der Waals surface area contributed by atoms with E-state index < -0.39 is 0 Å². The molecule has 1 saturated carbocycles. The first kappa shape index (κ1) is 27.5. The standard InChI is InChI=1S/C23H39N5O2.HI/c1-7-24-22(26-17-23(13-8-9-14-23)21(29)28(4)5)25-16-20(27(2)3)18-11-10-12-19(15-18)30-6;/h10-12,15,20H,7-9,13-14,16-17H2,1-6H3,(H2,24,25,26);1H. The summed E-state index contributed by atoms with van der Waals surface area (Å²) in [5.74, 6) is 1.80. The quantitative estimate of drug-likeness (QED) is 0.284. The van der Waals surface area contributed by atoms with E-state index in [1.54, 1.807) is 12.0 Å². The Balaban J connectivity index is 0.00000480. The summed E-state index contributed by atoms with van der Waals surface area (Å²) in [5.41, 5.74) is 0.817. The van der Waals surface area contributed by atoms with E-state index in [4.69, 9.17) is 9.73 Å². The Kier molecular flexibility index (Phi) is 11.6. The summed E-state index contributed by atoms with van der Waals surface area (Å²) < 4.78 is 5.39. The summed E-state index contributed by atoms with van der Waals surface area (Å²) in [5, 5.41) is 6.81. The third-order valence-electron chi connectivity index (χ3n) is 5.87. The molecule has 0 aliphatic heterocycles. The van der Waals surface area contributed by atoms with Gasteiger partial charge in [-0.15, -0.1) is 24.0 Å². The van der Waals surface area contributed by atoms with Crippen molar-refractivity contribution in [2.45, 2.75) is 38.6 Å². The lowest BCUT2D eigenvalue weighted by atomic mass is 9.85. The molecule has 31 heavy (non-hydrogen) atoms. The molecule has 1 aliphatic rings. The van der Waals surface area contributed by atoms with Gasteiger partial charge in [-0.3, -0.25) is 9.79 Å². The highest BCUT2D eigenvalue weighted by atomic mass is 127. The van der Waals surface area contributed by atoms with E-state index >= 15 is 0 Å². The van der Waals surface area contributed by atoms with Crippen LogP contribution in [0.3, 0.4) is 0 Å². The molecule has 0 aromatic heterocycles. The van der Waals surface area contributed by atoms with Crippen molar-refractivity contribution in [2.24, 2.45) is 10.4 Å². The van der Waals surface area contributed by atoms with E-state index in [1.165, 1.54) is 5.56 Å². The second-order valence-electron chi connectivity index (χ2n) is 8.52. The number of aliphatic imine (C=N–C) groups is 1. The van der Waals surface area contributed by atoms with Crippen LogP contribution in [0.25, 0.3) is 0 Å². The molecule has 2 N–H and O–H groups in total. The zero-order valence-electron chi connectivity index (χ0n) is 19.9. The van der Waals surface area contributed by atoms with Crippen LogP contribution in [0, 0.1) is 5.41 Å². The maximum Gasteiger partial charge on any atom is 0.230 e. The molecule has 1 aromatic rings. The van der Waals surface area contributed by atoms with Crippen LogP contribution < -0.4 is 15.4 Å². The number of hydrogen-bond acceptors (Lipinski definition) is 4. The van der Waals surface area contributed by atoms with Gasteiger partial charge in [-0.05, 0) is 51.6 Å². The molecule has 1 aromatic carbocycles. The molecule has 1 unspecified atom stereocenters. The van der Waals surface area contributed by atoms with Crippen LogP contribution in [0.4, 0.5) is 0 Å². The van der Waals surface area contributed by atoms with Gasteiger partial charge in [-0.2, -0.15) is 0 Å². The lowest BCUT2D eigenvalue weighted by Gasteiger charge is -2.30. The minimum Gasteiger partial charge on any atom is -0.497 e. The van der Waals surface area contributed by atoms with Gasteiger partial charge in [0.2, 0.25) is 5.91 Å². The lowest BCUT2D eigenvalue weighted by Crippen LogP contribution is -2.44. The van der Waals surface area contributed by atoms with E-state index in [9.17, 15) is 4.79 Å². The van der Waals surface area contributed by atoms with Crippen molar-refractivity contribution < 1.29 is 9.53 Å². The number of hydrogen-bond donors (Lipinski definition) is 2. The fraction of sp³-hybridized carbons (Fsp3) is 0.652. The van der Waals surface area contributed by atoms with Crippen LogP contribution in [-0.2, 0) is 4.79 Å². The molecule has 1 aliphatic carbocycles. The summed E-state index contributed by atoms with van der Waals surface area (Å²) in [6.45, 7) is 4.04. The number of guanidine groups is 1. The first-order chi connectivity index (χ1) is 14.3. The Morgan fingerprint density at radius 3 is 2.42 bits per heavy atom. The minimum absolute atomic E-state index is 0. The normalized spacial score (nSPS) is 16.4. The van der Waals surface area contributed by atoms with Crippen molar-refractivity contribution in [2.75, 3.05) is 54.9 Å². The molecule has 2 rings (SSSR count). The molecule has 0 bridgehead atoms. The van der Waals surface area contributed by atoms with Crippen molar-refractivity contribution in [3.8, 4) is 5.75 Å². The molecule has 1 amide bonds. The number of carbonyl (C=O) groups is 1. The SMILES string of the molecule is CCNC(=NCC1(C(=O)N(C)C)CCCC1)NCC(c1cccc(OC)c1)N(C)C.I. The van der Waals surface area contributed by atoms with Crippen molar-refractivity contribution in [3.63, 3.8) is 0 Å². The van der Waals surface area contributed by atoms with Crippen LogP contribution in [0.5, 0.6) is 5.75 Å². The molecule has 7 nitrogen and oxygen atoms in total. The average Bonchev–Trinajstić information content (AvgIpc) is 3.21. The van der Waals surface area contributed by atoms with Crippen LogP contribution in [0.15, 0.2) is 29.3 Å². The van der Waals surface area contributed by atoms with Crippen molar-refractivity contribution >= 4 is 35.8 Å². The molecule has 0 saturated heterocycles. The predicted molar refractivity (Wildman–Crippen MR) is 138 cm³/mol. The van der Waals surface area contributed by atoms with E-state index in [2.05, 4.69) is 48.7 Å². The smallest absolute Gasteiger partial charge is 0.230 e. The van der Waals surface area contributed by atoms with Gasteiger partial charge in [-0.25, -0.2) is 0 Å². The predicted octanol–water partition coefficient (Wildman–Crippen LogP) is 3.12. The van der Waals surface area contributed by atoms with Gasteiger partial charge in [0.05, 0.1) is 25.1 Å². The monoisotopic (exact) mass is 545 g/mol. The number of halogens is 1. The van der Waals surface area contributed by atoms with E-state index in [0.29, 0.717) is 13.1 Å². The Labute approximate surface area is 205 Å². The van der Waals surface area contributed by atoms with E-state index in [0.717, 1.165) is 43.9 Å². The van der Waals surface area contributed by atoms with Crippen LogP contribution in [0.1, 0.15) is 44.2 Å². The number of methoxy groups -OCH3 is 1. The third kappa shape index (κ3) is 7.52. The molecule has 8 heteroatoms. The second kappa shape index (κ2) is 13.1. The molecular weight excluding hydrogens is 505 g/mol. The fourth-order valence-electron chi connectivity index (χ4n) is 4.18. The van der Waals surface area contributed by atoms with Gasteiger partial charge in [-0.1, -0.05) is 25.0 Å². The van der Waals surface area contributed by atoms with E-state index in [1.807, 2.05) is 26.2 Å². The number of nitrogens with one attached hydrogen (secondary N) is 2. The number of ether oxygens (including phenoxy) is 1. The lowest BCUT2D eigenvalue weighted by molar-refractivity contribution is -0.138. The first-order valence-corrected chi connectivity index (χ1v) is 10.9. The summed E-state index contributed by atoms with van der Waals surface area (Å²) in [7, 11) is 9.50. The number of carbonyl (C=O) groups excluding carboxylic acids is 1. The summed E-state index contributed by atoms with van der Waals surface area (Å²) >= 11 is 0. The van der Waals surface area contributed by atoms with Gasteiger partial charge in [0.15, 0.2) is 5.96 Å². The van der Waals surface area contributed by atoms with E-state index in [-0.39, 0.29) is 41.3 Å². The number of amides is 1. The zero-order valence-corrected chi connectivity index (χ0v) is 22.2. The molecule has 0 radical (unpaired) electrons. The number of benzene rings is 1. The maximum atomic E-state index is 12.8. The molecular formula is C23H40IN5O2. The number of likely N-dealkylation sites (N-methyl/N-ethyl adjacent to an activating group) is 1. The Bertz CT molecular complexity index is 718. The Morgan fingerprint density at radius 2 is 1.87 bits per heavy atom. The second-order valence-corrected chi connectivity index (χ2v) is 8.52. The van der Waals surface area contributed by atoms with Crippen LogP contribution >= 0.6 is 24.0 Å². The maximum absolute atomic E-state index is 12.8. The average molecular weight is 546 g/mol. The molecule has 1 fully saturated rings. The highest BCUT2D eigenvalue weighted by Gasteiger charge is 2.42. The Morgan fingerprint density at radius 1 is 1.19 bits per heavy atom. The summed E-state index contributed by atoms with van der Waals surface area (Å²) in [4.78, 5) is 21.6. The van der Waals surface area contributed by atoms with Gasteiger partial charge >= 0.3 is 0 Å². The number of rotatable bonds is 9. The van der Waals surface area contributed by atoms with Crippen molar-refractivity contribution in [1.29, 1.82) is 0 Å². The fourth-order valence-corrected chi connectivity index (χ4v) is 4.18. The summed E-state index contributed by atoms with van der Waals surface area (Å²) in [6, 6.07) is 8.31. The molecule has 176 valence electrons. The zero-order chi connectivity index (χ0) is 22.1. The van der Waals surface area contributed by atoms with Gasteiger partial charge in [0.25, 0.3) is 0 Å². The summed E-state index contributed by atoms with van der Waals surface area (Å²) in [6.07, 6.45) is 4.02. The topological polar surface area (TPSA) is 69.2 Å². The van der Waals surface area contributed by atoms with Crippen molar-refractivity contribution in [1.82, 2.24) is 20.4 Å². The molecule has 0 heterocycles. The van der Waals surface area contributed by atoms with Gasteiger partial charge in [0, 0.05) is 27.2 Å². The van der Waals surface area contributed by atoms with Gasteiger partial charge in [0.1, 0.15) is 5.75 Å². The van der Waals surface area contributed by atoms with Crippen molar-refractivity contribution in [3.05, 3.63) is 29.8 Å². The Hall–Kier alpha value is -1.55. The third-order valence-corrected chi connectivity index (χ3v) is 5.87. The molecule has 1 atom stereocenters.